The molecule has 0 bridgehead atoms. The molecule has 6 heterocycles. The highest BCUT2D eigenvalue weighted by Crippen LogP contribution is 2.43. The third-order valence-corrected chi connectivity index (χ3v) is 12.6. The van der Waals surface area contributed by atoms with Gasteiger partial charge >= 0.3 is 0 Å². The number of hydrogen-bond acceptors (Lipinski definition) is 14. The van der Waals surface area contributed by atoms with E-state index in [0.717, 1.165) is 9.80 Å². The molecule has 2 saturated heterocycles. The number of anilines is 6. The molecule has 2 aliphatic carbocycles. The van der Waals surface area contributed by atoms with E-state index in [1.54, 1.807) is 146 Å². The van der Waals surface area contributed by atoms with Crippen molar-refractivity contribution < 1.29 is 38.2 Å². The number of pyridine rings is 4. The Balaban J connectivity index is 0.783. The van der Waals surface area contributed by atoms with E-state index in [4.69, 9.17) is 20.9 Å². The Morgan fingerprint density at radius 3 is 1.36 bits per heavy atom. The van der Waals surface area contributed by atoms with Crippen LogP contribution in [0.2, 0.25) is 0 Å². The molecular weight excluding hydrogens is 941 g/mol. The lowest BCUT2D eigenvalue weighted by Gasteiger charge is -2.22. The number of nitrogens with zero attached hydrogens (tertiary/aromatic N) is 6. The first-order chi connectivity index (χ1) is 36.0. The minimum atomic E-state index is -1.06. The maximum atomic E-state index is 14.3. The Hall–Kier alpha value is -10.4. The first-order valence-corrected chi connectivity index (χ1v) is 23.1. The van der Waals surface area contributed by atoms with Gasteiger partial charge in [-0.05, 0) is 109 Å². The van der Waals surface area contributed by atoms with Gasteiger partial charge in [0, 0.05) is 53.4 Å². The highest BCUT2D eigenvalue weighted by atomic mass is 16.5. The molecule has 6 N–H and O–H groups in total. The number of fused-ring (bicyclic) bond motifs is 2. The van der Waals surface area contributed by atoms with Gasteiger partial charge in [0.1, 0.15) is 46.2 Å². The Morgan fingerprint density at radius 1 is 0.486 bits per heavy atom. The van der Waals surface area contributed by atoms with E-state index in [1.807, 2.05) is 0 Å². The Bertz CT molecular complexity index is 3390. The predicted octanol–water partition coefficient (Wildman–Crippen LogP) is 7.55. The Morgan fingerprint density at radius 2 is 0.932 bits per heavy atom. The fraction of sp³-hybridized carbons (Fsp3) is 0.0714. The van der Waals surface area contributed by atoms with E-state index in [1.165, 1.54) is 36.4 Å². The molecule has 18 heteroatoms. The lowest BCUT2D eigenvalue weighted by atomic mass is 9.89. The molecule has 4 unspecified atom stereocenters. The monoisotopic (exact) mass is 980 g/mol. The highest BCUT2D eigenvalue weighted by Gasteiger charge is 2.52. The SMILES string of the molecule is Nc1cc(C(=O)Nc2cccnc2-c2ccccn2)cc(N2C(=O)C3C=CC=C(Oc4cccc(OC5=CC=CC6C(=O)N(c7cc(N)cc(C(=O)Nc8cccnc8-c8ccccn8)c7)C(=O)C56)c4)C3C2=O)c1. The van der Waals surface area contributed by atoms with Crippen LogP contribution in [-0.4, -0.2) is 55.4 Å². The van der Waals surface area contributed by atoms with Gasteiger partial charge in [0.05, 0.1) is 46.0 Å². The third-order valence-electron chi connectivity index (χ3n) is 12.6. The maximum Gasteiger partial charge on any atom is 0.255 e. The van der Waals surface area contributed by atoms with E-state index >= 15 is 0 Å². The maximum absolute atomic E-state index is 14.3. The molecule has 4 atom stereocenters. The van der Waals surface area contributed by atoms with Gasteiger partial charge < -0.3 is 31.6 Å². The summed E-state index contributed by atoms with van der Waals surface area (Å²) in [5, 5.41) is 5.71. The number of benzene rings is 3. The summed E-state index contributed by atoms with van der Waals surface area (Å²) < 4.78 is 12.7. The summed E-state index contributed by atoms with van der Waals surface area (Å²) in [6.07, 6.45) is 16.1. The van der Waals surface area contributed by atoms with Crippen LogP contribution in [0.15, 0.2) is 194 Å². The molecular formula is C56H40N10O8. The van der Waals surface area contributed by atoms with Crippen molar-refractivity contribution in [1.82, 2.24) is 19.9 Å². The molecule has 2 fully saturated rings. The van der Waals surface area contributed by atoms with Gasteiger partial charge in [0.15, 0.2) is 0 Å². The fourth-order valence-electron chi connectivity index (χ4n) is 9.30. The van der Waals surface area contributed by atoms with Crippen LogP contribution >= 0.6 is 0 Å². The van der Waals surface area contributed by atoms with Crippen LogP contribution in [0.3, 0.4) is 0 Å². The van der Waals surface area contributed by atoms with Crippen molar-refractivity contribution in [2.45, 2.75) is 0 Å². The topological polar surface area (TPSA) is 255 Å². The number of rotatable bonds is 12. The minimum Gasteiger partial charge on any atom is -0.461 e. The Labute approximate surface area is 421 Å². The van der Waals surface area contributed by atoms with E-state index in [0.29, 0.717) is 34.2 Å². The van der Waals surface area contributed by atoms with Gasteiger partial charge in [0.25, 0.3) is 11.8 Å². The molecule has 4 aromatic heterocycles. The summed E-state index contributed by atoms with van der Waals surface area (Å²) in [5.41, 5.74) is 16.0. The smallest absolute Gasteiger partial charge is 0.255 e. The number of aromatic nitrogens is 4. The zero-order valence-electron chi connectivity index (χ0n) is 38.7. The van der Waals surface area contributed by atoms with Gasteiger partial charge in [-0.25, -0.2) is 9.80 Å². The predicted molar refractivity (Wildman–Crippen MR) is 274 cm³/mol. The van der Waals surface area contributed by atoms with Gasteiger partial charge in [-0.1, -0.05) is 42.5 Å². The lowest BCUT2D eigenvalue weighted by molar-refractivity contribution is -0.123. The molecule has 11 rings (SSSR count). The van der Waals surface area contributed by atoms with Gasteiger partial charge in [-0.3, -0.25) is 48.7 Å². The zero-order valence-corrected chi connectivity index (χ0v) is 38.7. The fourth-order valence-corrected chi connectivity index (χ4v) is 9.30. The van der Waals surface area contributed by atoms with Crippen LogP contribution in [0.25, 0.3) is 22.8 Å². The van der Waals surface area contributed by atoms with E-state index < -0.39 is 59.1 Å². The molecule has 18 nitrogen and oxygen atoms in total. The number of nitrogens with two attached hydrogens (primary N) is 2. The number of nitrogens with one attached hydrogen (secondary N) is 2. The number of hydrogen-bond donors (Lipinski definition) is 4. The summed E-state index contributed by atoms with van der Waals surface area (Å²) in [5.74, 6) is -6.55. The first-order valence-electron chi connectivity index (χ1n) is 23.1. The van der Waals surface area contributed by atoms with Crippen molar-refractivity contribution in [3.8, 4) is 34.3 Å². The van der Waals surface area contributed by atoms with Crippen LogP contribution in [0.5, 0.6) is 11.5 Å². The van der Waals surface area contributed by atoms with Crippen molar-refractivity contribution in [3.05, 3.63) is 205 Å². The highest BCUT2D eigenvalue weighted by molar-refractivity contribution is 6.25. The molecule has 2 aliphatic heterocycles. The molecule has 0 spiro atoms. The first kappa shape index (κ1) is 46.0. The van der Waals surface area contributed by atoms with E-state index in [2.05, 4.69) is 30.6 Å². The quantitative estimate of drug-likeness (QED) is 0.0682. The number of nitrogen functional groups attached to an aromatic ring is 2. The van der Waals surface area contributed by atoms with Crippen molar-refractivity contribution in [2.24, 2.45) is 23.7 Å². The van der Waals surface area contributed by atoms with Crippen molar-refractivity contribution in [3.63, 3.8) is 0 Å². The van der Waals surface area contributed by atoms with Gasteiger partial charge in [0.2, 0.25) is 23.6 Å². The Kier molecular flexibility index (Phi) is 11.9. The second-order valence-electron chi connectivity index (χ2n) is 17.4. The molecule has 74 heavy (non-hydrogen) atoms. The summed E-state index contributed by atoms with van der Waals surface area (Å²) >= 11 is 0. The molecule has 7 aromatic rings. The number of amides is 6. The van der Waals surface area contributed by atoms with Crippen molar-refractivity contribution in [2.75, 3.05) is 31.9 Å². The number of allylic oxidation sites excluding steroid dienone is 4. The van der Waals surface area contributed by atoms with Crippen LogP contribution in [0, 0.1) is 23.7 Å². The largest absolute Gasteiger partial charge is 0.461 e. The van der Waals surface area contributed by atoms with E-state index in [9.17, 15) is 28.8 Å². The van der Waals surface area contributed by atoms with Crippen LogP contribution < -0.4 is 41.4 Å². The van der Waals surface area contributed by atoms with Gasteiger partial charge in [-0.2, -0.15) is 0 Å². The number of carbonyl (C=O) groups excluding carboxylic acids is 6. The molecule has 0 saturated carbocycles. The second-order valence-corrected chi connectivity index (χ2v) is 17.4. The van der Waals surface area contributed by atoms with Crippen LogP contribution in [0.1, 0.15) is 20.7 Å². The van der Waals surface area contributed by atoms with Crippen molar-refractivity contribution >= 4 is 69.6 Å². The normalized spacial score (nSPS) is 18.6. The number of carbonyl (C=O) groups is 6. The molecule has 6 amide bonds. The average Bonchev–Trinajstić information content (AvgIpc) is 3.84. The van der Waals surface area contributed by atoms with Gasteiger partial charge in [-0.15, -0.1) is 0 Å². The minimum absolute atomic E-state index is 0.0915. The number of ether oxygens (including phenoxy) is 2. The average molecular weight is 981 g/mol. The zero-order chi connectivity index (χ0) is 51.0. The molecule has 3 aromatic carbocycles. The molecule has 0 radical (unpaired) electrons. The molecule has 362 valence electrons. The standard InChI is InChI=1S/C56H40N10O8/c57-33-24-31(51(67)63-43-16-8-22-61-49(43)41-14-1-3-20-59-41)26-35(28-33)65-53(69)39-12-6-18-45(47(39)55(65)71)73-37-10-5-11-38(30-37)74-46-19-7-13-40-48(46)56(72)66(54(40)70)36-27-32(25-34(58)29-36)52(68)64-44-17-9-23-62-50(44)42-15-2-4-21-60-42/h1-30,39-40,47-48H,57-58H2,(H,63,67)(H,64,68). The van der Waals surface area contributed by atoms with Crippen molar-refractivity contribution in [1.29, 1.82) is 0 Å². The van der Waals surface area contributed by atoms with E-state index in [-0.39, 0.29) is 56.9 Å². The summed E-state index contributed by atoms with van der Waals surface area (Å²) in [6, 6.07) is 32.5. The molecule has 4 aliphatic rings. The third kappa shape index (κ3) is 8.68. The summed E-state index contributed by atoms with van der Waals surface area (Å²) in [7, 11) is 0. The van der Waals surface area contributed by atoms with Crippen LogP contribution in [-0.2, 0) is 19.2 Å². The summed E-state index contributed by atoms with van der Waals surface area (Å²) in [4.78, 5) is 104. The number of imide groups is 2. The lowest BCUT2D eigenvalue weighted by Crippen LogP contribution is -2.31. The van der Waals surface area contributed by atoms with Crippen LogP contribution in [0.4, 0.5) is 34.1 Å². The summed E-state index contributed by atoms with van der Waals surface area (Å²) in [6.45, 7) is 0. The second kappa shape index (κ2) is 19.1.